The van der Waals surface area contributed by atoms with Crippen LogP contribution in [0.3, 0.4) is 0 Å². The largest absolute Gasteiger partial charge is 0.454 e. The fraction of sp³-hybridized carbons (Fsp3) is 0.429. The third-order valence-electron chi connectivity index (χ3n) is 5.35. The van der Waals surface area contributed by atoms with Crippen LogP contribution in [0.15, 0.2) is 23.2 Å². The number of aryl methyl sites for hydroxylation is 1. The molecular formula is C21H22N4O3S2. The lowest BCUT2D eigenvalue weighted by atomic mass is 9.95. The molecule has 0 bridgehead atoms. The Labute approximate surface area is 182 Å². The number of aromatic nitrogens is 3. The van der Waals surface area contributed by atoms with Crippen molar-refractivity contribution in [1.82, 2.24) is 20.5 Å². The summed E-state index contributed by atoms with van der Waals surface area (Å²) in [6, 6.07) is 6.08. The van der Waals surface area contributed by atoms with E-state index in [1.54, 1.807) is 11.3 Å². The SMILES string of the molecule is Cc1nc2c(SCC(=O)NC3CCCCC3)nnc(-c3ccc4c(c3)OCO4)c2s1. The molecule has 0 spiro atoms. The summed E-state index contributed by atoms with van der Waals surface area (Å²) < 4.78 is 11.9. The lowest BCUT2D eigenvalue weighted by molar-refractivity contribution is -0.119. The second kappa shape index (κ2) is 8.39. The summed E-state index contributed by atoms with van der Waals surface area (Å²) in [6.45, 7) is 2.20. The first-order chi connectivity index (χ1) is 14.7. The molecule has 1 fully saturated rings. The van der Waals surface area contributed by atoms with Crippen molar-refractivity contribution in [1.29, 1.82) is 0 Å². The highest BCUT2D eigenvalue weighted by atomic mass is 32.2. The number of rotatable bonds is 5. The number of thioether (sulfide) groups is 1. The summed E-state index contributed by atoms with van der Waals surface area (Å²) in [5.74, 6) is 1.81. The number of benzene rings is 1. The number of amides is 1. The van der Waals surface area contributed by atoms with Gasteiger partial charge in [0.15, 0.2) is 11.5 Å². The van der Waals surface area contributed by atoms with Crippen LogP contribution < -0.4 is 14.8 Å². The second-order valence-corrected chi connectivity index (χ2v) is 9.69. The van der Waals surface area contributed by atoms with E-state index in [2.05, 4.69) is 20.5 Å². The lowest BCUT2D eigenvalue weighted by Crippen LogP contribution is -2.37. The van der Waals surface area contributed by atoms with Crippen LogP contribution in [-0.2, 0) is 4.79 Å². The van der Waals surface area contributed by atoms with Gasteiger partial charge in [-0.25, -0.2) is 4.98 Å². The van der Waals surface area contributed by atoms with E-state index in [4.69, 9.17) is 9.47 Å². The van der Waals surface area contributed by atoms with Gasteiger partial charge in [0.2, 0.25) is 12.7 Å². The summed E-state index contributed by atoms with van der Waals surface area (Å²) in [5, 5.41) is 13.7. The van der Waals surface area contributed by atoms with Crippen molar-refractivity contribution < 1.29 is 14.3 Å². The molecule has 9 heteroatoms. The number of nitrogens with one attached hydrogen (secondary N) is 1. The Morgan fingerprint density at radius 1 is 1.20 bits per heavy atom. The normalized spacial score (nSPS) is 16.2. The van der Waals surface area contributed by atoms with Gasteiger partial charge in [0.25, 0.3) is 0 Å². The highest BCUT2D eigenvalue weighted by molar-refractivity contribution is 8.00. The van der Waals surface area contributed by atoms with Gasteiger partial charge in [-0.1, -0.05) is 31.0 Å². The highest BCUT2D eigenvalue weighted by Crippen LogP contribution is 2.39. The van der Waals surface area contributed by atoms with E-state index in [1.807, 2.05) is 25.1 Å². The maximum absolute atomic E-state index is 12.4. The van der Waals surface area contributed by atoms with Crippen LogP contribution >= 0.6 is 23.1 Å². The van der Waals surface area contributed by atoms with E-state index >= 15 is 0 Å². The molecule has 5 rings (SSSR count). The number of nitrogens with zero attached hydrogens (tertiary/aromatic N) is 3. The van der Waals surface area contributed by atoms with Crippen molar-refractivity contribution in [3.8, 4) is 22.8 Å². The van der Waals surface area contributed by atoms with E-state index in [-0.39, 0.29) is 12.7 Å². The molecule has 1 aromatic carbocycles. The van der Waals surface area contributed by atoms with Crippen LogP contribution in [0.1, 0.15) is 37.1 Å². The number of carbonyl (C=O) groups excluding carboxylic acids is 1. The monoisotopic (exact) mass is 442 g/mol. The van der Waals surface area contributed by atoms with Crippen molar-refractivity contribution in [2.45, 2.75) is 50.1 Å². The molecule has 3 heterocycles. The minimum Gasteiger partial charge on any atom is -0.454 e. The van der Waals surface area contributed by atoms with Crippen molar-refractivity contribution in [3.05, 3.63) is 23.2 Å². The van der Waals surface area contributed by atoms with Gasteiger partial charge < -0.3 is 14.8 Å². The molecule has 0 unspecified atom stereocenters. The van der Waals surface area contributed by atoms with Gasteiger partial charge >= 0.3 is 0 Å². The first-order valence-corrected chi connectivity index (χ1v) is 11.9. The number of thiazole rings is 1. The van der Waals surface area contributed by atoms with Gasteiger partial charge in [0.05, 0.1) is 15.5 Å². The van der Waals surface area contributed by atoms with Gasteiger partial charge in [-0.15, -0.1) is 21.5 Å². The average Bonchev–Trinajstić information content (AvgIpc) is 3.38. The number of ether oxygens (including phenoxy) is 2. The molecule has 1 saturated carbocycles. The van der Waals surface area contributed by atoms with E-state index in [0.717, 1.165) is 45.1 Å². The lowest BCUT2D eigenvalue weighted by Gasteiger charge is -2.22. The number of fused-ring (bicyclic) bond motifs is 2. The van der Waals surface area contributed by atoms with Gasteiger partial charge in [-0.2, -0.15) is 0 Å². The fourth-order valence-corrected chi connectivity index (χ4v) is 5.63. The summed E-state index contributed by atoms with van der Waals surface area (Å²) in [5.41, 5.74) is 2.48. The van der Waals surface area contributed by atoms with Crippen LogP contribution in [0.4, 0.5) is 0 Å². The quantitative estimate of drug-likeness (QED) is 0.589. The molecule has 1 N–H and O–H groups in total. The van der Waals surface area contributed by atoms with Gasteiger partial charge in [0.1, 0.15) is 16.2 Å². The van der Waals surface area contributed by atoms with Crippen LogP contribution in [0.25, 0.3) is 21.5 Å². The predicted molar refractivity (Wildman–Crippen MR) is 117 cm³/mol. The molecule has 1 aliphatic heterocycles. The van der Waals surface area contributed by atoms with Gasteiger partial charge in [-0.3, -0.25) is 4.79 Å². The Hall–Kier alpha value is -2.39. The van der Waals surface area contributed by atoms with E-state index in [0.29, 0.717) is 22.6 Å². The van der Waals surface area contributed by atoms with Crippen molar-refractivity contribution in [2.24, 2.45) is 0 Å². The molecule has 0 saturated heterocycles. The number of hydrogen-bond acceptors (Lipinski definition) is 8. The number of hydrogen-bond donors (Lipinski definition) is 1. The van der Waals surface area contributed by atoms with Crippen LogP contribution in [0.5, 0.6) is 11.5 Å². The first-order valence-electron chi connectivity index (χ1n) is 10.1. The molecule has 0 radical (unpaired) electrons. The topological polar surface area (TPSA) is 86.2 Å². The van der Waals surface area contributed by atoms with Gasteiger partial charge in [-0.05, 0) is 38.0 Å². The molecule has 2 aliphatic rings. The molecule has 30 heavy (non-hydrogen) atoms. The minimum atomic E-state index is 0.0497. The molecule has 3 aromatic rings. The van der Waals surface area contributed by atoms with Crippen LogP contribution in [-0.4, -0.2) is 39.7 Å². The minimum absolute atomic E-state index is 0.0497. The summed E-state index contributed by atoms with van der Waals surface area (Å²) in [4.78, 5) is 17.1. The van der Waals surface area contributed by atoms with E-state index in [1.165, 1.54) is 31.0 Å². The number of carbonyl (C=O) groups is 1. The first kappa shape index (κ1) is 19.6. The maximum atomic E-state index is 12.4. The van der Waals surface area contributed by atoms with Crippen molar-refractivity contribution >= 4 is 39.2 Å². The Bertz CT molecular complexity index is 1100. The van der Waals surface area contributed by atoms with Gasteiger partial charge in [0, 0.05) is 11.6 Å². The summed E-state index contributed by atoms with van der Waals surface area (Å²) >= 11 is 2.98. The molecule has 1 amide bonds. The zero-order valence-corrected chi connectivity index (χ0v) is 18.3. The predicted octanol–water partition coefficient (Wildman–Crippen LogP) is 4.33. The van der Waals surface area contributed by atoms with E-state index in [9.17, 15) is 4.79 Å². The second-order valence-electron chi connectivity index (χ2n) is 7.52. The van der Waals surface area contributed by atoms with Crippen molar-refractivity contribution in [3.63, 3.8) is 0 Å². The standard InChI is InChI=1S/C21H22N4O3S2/c1-12-22-19-20(30-12)18(13-7-8-15-16(9-13)28-11-27-15)24-25-21(19)29-10-17(26)23-14-5-3-2-4-6-14/h7-9,14H,2-6,10-11H2,1H3,(H,23,26). The fourth-order valence-electron chi connectivity index (χ4n) is 3.90. The zero-order chi connectivity index (χ0) is 20.5. The third-order valence-corrected chi connectivity index (χ3v) is 7.28. The summed E-state index contributed by atoms with van der Waals surface area (Å²) in [6.07, 6.45) is 5.83. The Morgan fingerprint density at radius 3 is 2.90 bits per heavy atom. The van der Waals surface area contributed by atoms with Crippen LogP contribution in [0.2, 0.25) is 0 Å². The smallest absolute Gasteiger partial charge is 0.231 e. The molecule has 1 aliphatic carbocycles. The maximum Gasteiger partial charge on any atom is 0.231 e. The summed E-state index contributed by atoms with van der Waals surface area (Å²) in [7, 11) is 0. The Balaban J connectivity index is 1.37. The van der Waals surface area contributed by atoms with Crippen molar-refractivity contribution in [2.75, 3.05) is 12.5 Å². The third kappa shape index (κ3) is 3.96. The Morgan fingerprint density at radius 2 is 2.03 bits per heavy atom. The van der Waals surface area contributed by atoms with E-state index < -0.39 is 0 Å². The Kier molecular flexibility index (Phi) is 5.47. The molecule has 156 valence electrons. The molecule has 0 atom stereocenters. The molecule has 2 aromatic heterocycles. The van der Waals surface area contributed by atoms with Crippen LogP contribution in [0, 0.1) is 6.92 Å². The molecule has 7 nitrogen and oxygen atoms in total. The zero-order valence-electron chi connectivity index (χ0n) is 16.6. The molecular weight excluding hydrogens is 420 g/mol. The average molecular weight is 443 g/mol. The highest BCUT2D eigenvalue weighted by Gasteiger charge is 2.21.